The highest BCUT2D eigenvalue weighted by atomic mass is 15.4. The number of rotatable bonds is 2. The van der Waals surface area contributed by atoms with Crippen LogP contribution in [0.15, 0.2) is 24.4 Å². The van der Waals surface area contributed by atoms with E-state index in [1.165, 1.54) is 5.01 Å². The zero-order valence-corrected chi connectivity index (χ0v) is 5.39. The van der Waals surface area contributed by atoms with E-state index in [1.807, 2.05) is 13.0 Å². The molecule has 0 aromatic rings. The molecule has 46 valence electrons. The Morgan fingerprint density at radius 3 is 2.25 bits per heavy atom. The number of hydrazine groups is 1. The fraction of sp³-hybridized carbons (Fsp3) is 0.333. The summed E-state index contributed by atoms with van der Waals surface area (Å²) in [7, 11) is 1.77. The van der Waals surface area contributed by atoms with Gasteiger partial charge in [-0.1, -0.05) is 12.7 Å². The van der Waals surface area contributed by atoms with E-state index < -0.39 is 0 Å². The van der Waals surface area contributed by atoms with Crippen LogP contribution >= 0.6 is 0 Å². The van der Waals surface area contributed by atoms with Crippen LogP contribution in [0.5, 0.6) is 0 Å². The molecule has 0 atom stereocenters. The highest BCUT2D eigenvalue weighted by Crippen LogP contribution is 1.93. The van der Waals surface area contributed by atoms with Gasteiger partial charge in [0.1, 0.15) is 0 Å². The summed E-state index contributed by atoms with van der Waals surface area (Å²) in [5.74, 6) is 5.35. The topological polar surface area (TPSA) is 29.3 Å². The number of hydrogen-bond donors (Lipinski definition) is 1. The van der Waals surface area contributed by atoms with Crippen molar-refractivity contribution in [2.45, 2.75) is 6.92 Å². The standard InChI is InChI=1S/C6H12N2/c1-4-6(5-2)8(3)7/h4-5H,1,7H2,2-3H3/b6-5-. The van der Waals surface area contributed by atoms with Gasteiger partial charge in [-0.05, 0) is 13.0 Å². The molecule has 0 amide bonds. The van der Waals surface area contributed by atoms with Crippen LogP contribution in [0.25, 0.3) is 0 Å². The van der Waals surface area contributed by atoms with E-state index in [4.69, 9.17) is 5.84 Å². The van der Waals surface area contributed by atoms with Crippen molar-refractivity contribution in [3.63, 3.8) is 0 Å². The summed E-state index contributed by atoms with van der Waals surface area (Å²) in [4.78, 5) is 0. The molecule has 0 aliphatic carbocycles. The van der Waals surface area contributed by atoms with Crippen LogP contribution in [-0.2, 0) is 0 Å². The Morgan fingerprint density at radius 1 is 1.75 bits per heavy atom. The molecule has 2 N–H and O–H groups in total. The van der Waals surface area contributed by atoms with E-state index in [2.05, 4.69) is 6.58 Å². The lowest BCUT2D eigenvalue weighted by Gasteiger charge is -2.10. The second-order valence-corrected chi connectivity index (χ2v) is 1.53. The summed E-state index contributed by atoms with van der Waals surface area (Å²) in [6, 6.07) is 0. The van der Waals surface area contributed by atoms with Crippen molar-refractivity contribution in [3.05, 3.63) is 24.4 Å². The second-order valence-electron chi connectivity index (χ2n) is 1.53. The lowest BCUT2D eigenvalue weighted by atomic mass is 10.4. The molecule has 0 heterocycles. The number of allylic oxidation sites excluding steroid dienone is 2. The maximum atomic E-state index is 5.35. The van der Waals surface area contributed by atoms with E-state index in [1.54, 1.807) is 13.1 Å². The first kappa shape index (κ1) is 7.24. The Morgan fingerprint density at radius 2 is 2.25 bits per heavy atom. The minimum Gasteiger partial charge on any atom is -0.314 e. The van der Waals surface area contributed by atoms with Gasteiger partial charge in [-0.25, -0.2) is 5.84 Å². The molecule has 2 heteroatoms. The largest absolute Gasteiger partial charge is 0.314 e. The minimum absolute atomic E-state index is 0.935. The second kappa shape index (κ2) is 3.27. The first-order valence-electron chi connectivity index (χ1n) is 2.49. The van der Waals surface area contributed by atoms with E-state index in [0.717, 1.165) is 5.70 Å². The molecule has 0 spiro atoms. The van der Waals surface area contributed by atoms with Gasteiger partial charge >= 0.3 is 0 Å². The first-order chi connectivity index (χ1) is 3.72. The molecule has 0 aliphatic rings. The third-order valence-corrected chi connectivity index (χ3v) is 0.912. The SMILES string of the molecule is C=C/C(=C/C)N(C)N. The summed E-state index contributed by atoms with van der Waals surface area (Å²) in [5.41, 5.74) is 0.935. The smallest absolute Gasteiger partial charge is 0.0465 e. The van der Waals surface area contributed by atoms with Crippen molar-refractivity contribution in [1.82, 2.24) is 5.01 Å². The maximum Gasteiger partial charge on any atom is 0.0465 e. The molecule has 0 saturated heterocycles. The van der Waals surface area contributed by atoms with E-state index in [0.29, 0.717) is 0 Å². The van der Waals surface area contributed by atoms with E-state index in [-0.39, 0.29) is 0 Å². The maximum absolute atomic E-state index is 5.35. The van der Waals surface area contributed by atoms with Crippen molar-refractivity contribution in [2.24, 2.45) is 5.84 Å². The van der Waals surface area contributed by atoms with Crippen LogP contribution in [0.3, 0.4) is 0 Å². The van der Waals surface area contributed by atoms with Gasteiger partial charge in [0, 0.05) is 12.7 Å². The monoisotopic (exact) mass is 112 g/mol. The molecular formula is C6H12N2. The summed E-state index contributed by atoms with van der Waals surface area (Å²) >= 11 is 0. The van der Waals surface area contributed by atoms with Crippen molar-refractivity contribution >= 4 is 0 Å². The zero-order chi connectivity index (χ0) is 6.57. The fourth-order valence-corrected chi connectivity index (χ4v) is 0.465. The zero-order valence-electron chi connectivity index (χ0n) is 5.39. The summed E-state index contributed by atoms with van der Waals surface area (Å²) in [5, 5.41) is 1.52. The van der Waals surface area contributed by atoms with Crippen molar-refractivity contribution in [3.8, 4) is 0 Å². The van der Waals surface area contributed by atoms with Crippen molar-refractivity contribution < 1.29 is 0 Å². The molecule has 0 saturated carbocycles. The number of hydrogen-bond acceptors (Lipinski definition) is 2. The molecule has 0 aromatic heterocycles. The molecule has 2 nitrogen and oxygen atoms in total. The van der Waals surface area contributed by atoms with E-state index >= 15 is 0 Å². The first-order valence-corrected chi connectivity index (χ1v) is 2.49. The van der Waals surface area contributed by atoms with Gasteiger partial charge in [0.15, 0.2) is 0 Å². The molecule has 0 bridgehead atoms. The highest BCUT2D eigenvalue weighted by Gasteiger charge is 1.87. The molecule has 8 heavy (non-hydrogen) atoms. The summed E-state index contributed by atoms with van der Waals surface area (Å²) in [6.07, 6.45) is 3.60. The van der Waals surface area contributed by atoms with Gasteiger partial charge in [0.05, 0.1) is 0 Å². The van der Waals surface area contributed by atoms with Crippen LogP contribution in [0.4, 0.5) is 0 Å². The number of likely N-dealkylation sites (N-methyl/N-ethyl adjacent to an activating group) is 1. The predicted molar refractivity (Wildman–Crippen MR) is 35.9 cm³/mol. The van der Waals surface area contributed by atoms with Crippen LogP contribution in [0, 0.1) is 0 Å². The summed E-state index contributed by atoms with van der Waals surface area (Å²) < 4.78 is 0. The van der Waals surface area contributed by atoms with Gasteiger partial charge in [0.25, 0.3) is 0 Å². The van der Waals surface area contributed by atoms with Crippen LogP contribution < -0.4 is 5.84 Å². The Labute approximate surface area is 50.3 Å². The molecule has 0 radical (unpaired) electrons. The van der Waals surface area contributed by atoms with Crippen molar-refractivity contribution in [2.75, 3.05) is 7.05 Å². The lowest BCUT2D eigenvalue weighted by molar-refractivity contribution is 0.455. The fourth-order valence-electron chi connectivity index (χ4n) is 0.465. The Hall–Kier alpha value is -0.760. The Balaban J connectivity index is 3.91. The van der Waals surface area contributed by atoms with Gasteiger partial charge < -0.3 is 5.01 Å². The average Bonchev–Trinajstić information content (AvgIpc) is 1.69. The van der Waals surface area contributed by atoms with Crippen LogP contribution in [-0.4, -0.2) is 12.1 Å². The molecular weight excluding hydrogens is 100 g/mol. The van der Waals surface area contributed by atoms with Gasteiger partial charge in [-0.2, -0.15) is 0 Å². The third-order valence-electron chi connectivity index (χ3n) is 0.912. The number of nitrogens with two attached hydrogens (primary N) is 1. The third kappa shape index (κ3) is 1.80. The molecule has 0 rings (SSSR count). The number of nitrogens with zero attached hydrogens (tertiary/aromatic N) is 1. The van der Waals surface area contributed by atoms with Crippen LogP contribution in [0.2, 0.25) is 0 Å². The molecule has 0 unspecified atom stereocenters. The minimum atomic E-state index is 0.935. The predicted octanol–water partition coefficient (Wildman–Crippen LogP) is 0.882. The van der Waals surface area contributed by atoms with Gasteiger partial charge in [0.2, 0.25) is 0 Å². The highest BCUT2D eigenvalue weighted by molar-refractivity contribution is 5.11. The molecule has 0 aromatic carbocycles. The Kier molecular flexibility index (Phi) is 2.96. The van der Waals surface area contributed by atoms with Gasteiger partial charge in [-0.3, -0.25) is 0 Å². The summed E-state index contributed by atoms with van der Waals surface area (Å²) in [6.45, 7) is 5.48. The van der Waals surface area contributed by atoms with Crippen molar-refractivity contribution in [1.29, 1.82) is 0 Å². The lowest BCUT2D eigenvalue weighted by Crippen LogP contribution is -2.23. The van der Waals surface area contributed by atoms with E-state index in [9.17, 15) is 0 Å². The normalized spacial score (nSPS) is 11.1. The quantitative estimate of drug-likeness (QED) is 0.326. The molecule has 0 aliphatic heterocycles. The van der Waals surface area contributed by atoms with Crippen LogP contribution in [0.1, 0.15) is 6.92 Å². The Bertz CT molecular complexity index is 103. The van der Waals surface area contributed by atoms with Gasteiger partial charge in [-0.15, -0.1) is 0 Å². The molecule has 0 fully saturated rings. The average molecular weight is 112 g/mol.